The van der Waals surface area contributed by atoms with Gasteiger partial charge in [-0.15, -0.1) is 0 Å². The minimum absolute atomic E-state index is 0.365. The molecule has 1 atom stereocenters. The van der Waals surface area contributed by atoms with Crippen LogP contribution in [0.3, 0.4) is 0 Å². The molecule has 66 valence electrons. The van der Waals surface area contributed by atoms with Gasteiger partial charge in [0, 0.05) is 17.8 Å². The summed E-state index contributed by atoms with van der Waals surface area (Å²) in [6.07, 6.45) is 0.211. The minimum Gasteiger partial charge on any atom is -0.399 e. The van der Waals surface area contributed by atoms with Crippen LogP contribution in [0, 0.1) is 0 Å². The topological polar surface area (TPSA) is 72.3 Å². The van der Waals surface area contributed by atoms with Crippen LogP contribution >= 0.6 is 0 Å². The van der Waals surface area contributed by atoms with Crippen LogP contribution in [0.2, 0.25) is 0 Å². The molecule has 5 N–H and O–H groups in total. The molecule has 3 heteroatoms. The highest BCUT2D eigenvalue weighted by atomic mass is 16.3. The molecular formula is C9H14N2O. The molecule has 0 spiro atoms. The third-order valence-corrected chi connectivity index (χ3v) is 1.69. The predicted molar refractivity (Wildman–Crippen MR) is 50.7 cm³/mol. The van der Waals surface area contributed by atoms with Gasteiger partial charge in [0.2, 0.25) is 0 Å². The predicted octanol–water partition coefficient (Wildman–Crippen LogP) is 0.774. The number of hydrogen-bond donors (Lipinski definition) is 3. The summed E-state index contributed by atoms with van der Waals surface area (Å²) in [5.74, 6) is 0. The highest BCUT2D eigenvalue weighted by Crippen LogP contribution is 2.16. The fourth-order valence-electron chi connectivity index (χ4n) is 1.12. The lowest BCUT2D eigenvalue weighted by atomic mass is 10.1. The van der Waals surface area contributed by atoms with E-state index in [1.54, 1.807) is 19.1 Å². The molecule has 0 amide bonds. The maximum Gasteiger partial charge on any atom is 0.0553 e. The van der Waals surface area contributed by atoms with E-state index in [-0.39, 0.29) is 6.10 Å². The normalized spacial score (nSPS) is 12.8. The average molecular weight is 166 g/mol. The van der Waals surface area contributed by atoms with Crippen molar-refractivity contribution in [3.05, 3.63) is 23.8 Å². The number of aliphatic hydroxyl groups excluding tert-OH is 1. The summed E-state index contributed by atoms with van der Waals surface area (Å²) in [7, 11) is 0. The van der Waals surface area contributed by atoms with E-state index < -0.39 is 0 Å². The minimum atomic E-state index is -0.365. The number of nitrogens with two attached hydrogens (primary N) is 2. The van der Waals surface area contributed by atoms with Crippen molar-refractivity contribution in [2.24, 2.45) is 0 Å². The molecule has 0 fully saturated rings. The molecule has 1 rings (SSSR count). The van der Waals surface area contributed by atoms with Crippen LogP contribution in [0.1, 0.15) is 12.5 Å². The largest absolute Gasteiger partial charge is 0.399 e. The van der Waals surface area contributed by atoms with Crippen LogP contribution in [-0.4, -0.2) is 11.2 Å². The fourth-order valence-corrected chi connectivity index (χ4v) is 1.12. The maximum atomic E-state index is 9.11. The van der Waals surface area contributed by atoms with Gasteiger partial charge in [-0.25, -0.2) is 0 Å². The van der Waals surface area contributed by atoms with E-state index in [9.17, 15) is 0 Å². The zero-order valence-electron chi connectivity index (χ0n) is 7.12. The van der Waals surface area contributed by atoms with Crippen LogP contribution < -0.4 is 11.5 Å². The van der Waals surface area contributed by atoms with E-state index >= 15 is 0 Å². The van der Waals surface area contributed by atoms with Crippen molar-refractivity contribution < 1.29 is 5.11 Å². The molecule has 0 saturated carbocycles. The molecule has 0 aliphatic rings. The smallest absolute Gasteiger partial charge is 0.0553 e. The number of aliphatic hydroxyl groups is 1. The molecule has 0 heterocycles. The molecule has 0 aromatic heterocycles. The lowest BCUT2D eigenvalue weighted by Gasteiger charge is -2.07. The Bertz CT molecular complexity index is 271. The lowest BCUT2D eigenvalue weighted by Crippen LogP contribution is -2.06. The summed E-state index contributed by atoms with van der Waals surface area (Å²) in [5, 5.41) is 9.11. The summed E-state index contributed by atoms with van der Waals surface area (Å²) < 4.78 is 0. The van der Waals surface area contributed by atoms with Crippen LogP contribution in [0.25, 0.3) is 0 Å². The molecule has 0 aliphatic carbocycles. The second kappa shape index (κ2) is 3.45. The Hall–Kier alpha value is -1.22. The average Bonchev–Trinajstić information content (AvgIpc) is 1.94. The molecule has 1 unspecified atom stereocenters. The third-order valence-electron chi connectivity index (χ3n) is 1.69. The Morgan fingerprint density at radius 2 is 2.08 bits per heavy atom. The monoisotopic (exact) mass is 166 g/mol. The first-order valence-corrected chi connectivity index (χ1v) is 3.91. The maximum absolute atomic E-state index is 9.11. The van der Waals surface area contributed by atoms with E-state index in [1.807, 2.05) is 6.07 Å². The molecular weight excluding hydrogens is 152 g/mol. The van der Waals surface area contributed by atoms with Crippen LogP contribution in [0.4, 0.5) is 11.4 Å². The first-order valence-electron chi connectivity index (χ1n) is 3.91. The molecule has 1 aromatic rings. The van der Waals surface area contributed by atoms with Crippen molar-refractivity contribution in [2.45, 2.75) is 19.4 Å². The van der Waals surface area contributed by atoms with Gasteiger partial charge >= 0.3 is 0 Å². The Kier molecular flexibility index (Phi) is 2.55. The summed E-state index contributed by atoms with van der Waals surface area (Å²) in [4.78, 5) is 0. The van der Waals surface area contributed by atoms with E-state index in [0.717, 1.165) is 5.56 Å². The molecule has 0 aliphatic heterocycles. The molecule has 3 nitrogen and oxygen atoms in total. The first-order chi connectivity index (χ1) is 5.59. The number of nitrogen functional groups attached to an aromatic ring is 2. The lowest BCUT2D eigenvalue weighted by molar-refractivity contribution is 0.195. The number of anilines is 2. The van der Waals surface area contributed by atoms with Crippen molar-refractivity contribution in [3.8, 4) is 0 Å². The van der Waals surface area contributed by atoms with E-state index in [4.69, 9.17) is 16.6 Å². The van der Waals surface area contributed by atoms with Crippen LogP contribution in [0.15, 0.2) is 18.2 Å². The number of hydrogen-bond acceptors (Lipinski definition) is 3. The molecule has 12 heavy (non-hydrogen) atoms. The quantitative estimate of drug-likeness (QED) is 0.568. The molecule has 0 saturated heterocycles. The van der Waals surface area contributed by atoms with Gasteiger partial charge in [-0.2, -0.15) is 0 Å². The fraction of sp³-hybridized carbons (Fsp3) is 0.333. The van der Waals surface area contributed by atoms with Gasteiger partial charge < -0.3 is 16.6 Å². The van der Waals surface area contributed by atoms with E-state index in [2.05, 4.69) is 0 Å². The zero-order valence-corrected chi connectivity index (χ0v) is 7.12. The van der Waals surface area contributed by atoms with Gasteiger partial charge in [0.1, 0.15) is 0 Å². The van der Waals surface area contributed by atoms with Crippen molar-refractivity contribution in [3.63, 3.8) is 0 Å². The zero-order chi connectivity index (χ0) is 9.14. The first kappa shape index (κ1) is 8.87. The second-order valence-corrected chi connectivity index (χ2v) is 3.01. The van der Waals surface area contributed by atoms with Gasteiger partial charge in [-0.1, -0.05) is 6.07 Å². The van der Waals surface area contributed by atoms with Crippen molar-refractivity contribution >= 4 is 11.4 Å². The Morgan fingerprint density at radius 3 is 2.58 bits per heavy atom. The van der Waals surface area contributed by atoms with Crippen LogP contribution in [-0.2, 0) is 6.42 Å². The summed E-state index contributed by atoms with van der Waals surface area (Å²) >= 11 is 0. The molecule has 1 aromatic carbocycles. The van der Waals surface area contributed by atoms with Crippen molar-refractivity contribution in [2.75, 3.05) is 11.5 Å². The summed E-state index contributed by atoms with van der Waals surface area (Å²) in [5.41, 5.74) is 13.4. The Morgan fingerprint density at radius 1 is 1.42 bits per heavy atom. The Labute approximate surface area is 72.0 Å². The molecule has 0 bridgehead atoms. The highest BCUT2D eigenvalue weighted by Gasteiger charge is 2.02. The second-order valence-electron chi connectivity index (χ2n) is 3.01. The van der Waals surface area contributed by atoms with Gasteiger partial charge in [0.25, 0.3) is 0 Å². The van der Waals surface area contributed by atoms with Gasteiger partial charge in [0.05, 0.1) is 6.10 Å². The summed E-state index contributed by atoms with van der Waals surface area (Å²) in [6.45, 7) is 1.73. The molecule has 0 radical (unpaired) electrons. The van der Waals surface area contributed by atoms with E-state index in [0.29, 0.717) is 17.8 Å². The third kappa shape index (κ3) is 2.13. The standard InChI is InChI=1S/C9H14N2O/c1-6(12)4-7-2-3-8(10)5-9(7)11/h2-3,5-6,12H,4,10-11H2,1H3. The van der Waals surface area contributed by atoms with E-state index in [1.165, 1.54) is 0 Å². The Balaban J connectivity index is 2.86. The van der Waals surface area contributed by atoms with Gasteiger partial charge in [-0.3, -0.25) is 0 Å². The van der Waals surface area contributed by atoms with Gasteiger partial charge in [-0.05, 0) is 24.6 Å². The number of benzene rings is 1. The van der Waals surface area contributed by atoms with Crippen LogP contribution in [0.5, 0.6) is 0 Å². The SMILES string of the molecule is CC(O)Cc1ccc(N)cc1N. The van der Waals surface area contributed by atoms with Gasteiger partial charge in [0.15, 0.2) is 0 Å². The summed E-state index contributed by atoms with van der Waals surface area (Å²) in [6, 6.07) is 5.34. The highest BCUT2D eigenvalue weighted by molar-refractivity contribution is 5.56. The van der Waals surface area contributed by atoms with Crippen molar-refractivity contribution in [1.29, 1.82) is 0 Å². The van der Waals surface area contributed by atoms with Crippen molar-refractivity contribution in [1.82, 2.24) is 0 Å². The number of rotatable bonds is 2.